The van der Waals surface area contributed by atoms with Crippen LogP contribution in [0.2, 0.25) is 0 Å². The van der Waals surface area contributed by atoms with E-state index in [1.165, 1.54) is 16.6 Å². The Kier molecular flexibility index (Phi) is 3.25. The van der Waals surface area contributed by atoms with E-state index < -0.39 is 0 Å². The molecule has 2 rings (SSSR count). The third-order valence-corrected chi connectivity index (χ3v) is 3.10. The molecule has 0 bridgehead atoms. The number of aryl methyl sites for hydroxylation is 1. The molecule has 2 aromatic rings. The molecule has 16 heavy (non-hydrogen) atoms. The molecule has 0 saturated carbocycles. The first-order chi connectivity index (χ1) is 7.76. The van der Waals surface area contributed by atoms with Crippen molar-refractivity contribution < 1.29 is 0 Å². The van der Waals surface area contributed by atoms with Crippen molar-refractivity contribution in [2.75, 3.05) is 13.1 Å². The average Bonchev–Trinajstić information content (AvgIpc) is 2.64. The van der Waals surface area contributed by atoms with E-state index in [9.17, 15) is 0 Å². The van der Waals surface area contributed by atoms with Gasteiger partial charge >= 0.3 is 0 Å². The standard InChI is InChI=1S/C13H19N3/c1-4-16(5-2)10-12-11-8-6-7-9-13(11)15(3)14-12/h6-9H,4-5,10H2,1-3H3. The fourth-order valence-electron chi connectivity index (χ4n) is 2.06. The van der Waals surface area contributed by atoms with Gasteiger partial charge in [0.25, 0.3) is 0 Å². The third kappa shape index (κ3) is 1.95. The van der Waals surface area contributed by atoms with Crippen LogP contribution in [-0.4, -0.2) is 27.8 Å². The number of para-hydroxylation sites is 1. The second-order valence-electron chi connectivity index (χ2n) is 4.05. The summed E-state index contributed by atoms with van der Waals surface area (Å²) >= 11 is 0. The molecule has 1 aromatic heterocycles. The molecule has 0 atom stereocenters. The van der Waals surface area contributed by atoms with Crippen LogP contribution >= 0.6 is 0 Å². The summed E-state index contributed by atoms with van der Waals surface area (Å²) in [4.78, 5) is 2.38. The molecule has 0 N–H and O–H groups in total. The number of aromatic nitrogens is 2. The lowest BCUT2D eigenvalue weighted by molar-refractivity contribution is 0.292. The summed E-state index contributed by atoms with van der Waals surface area (Å²) in [5.41, 5.74) is 2.39. The number of rotatable bonds is 4. The molecule has 0 saturated heterocycles. The van der Waals surface area contributed by atoms with Crippen molar-refractivity contribution in [3.63, 3.8) is 0 Å². The molecule has 0 spiro atoms. The van der Waals surface area contributed by atoms with Crippen molar-refractivity contribution in [2.24, 2.45) is 7.05 Å². The molecular weight excluding hydrogens is 198 g/mol. The zero-order valence-corrected chi connectivity index (χ0v) is 10.3. The minimum Gasteiger partial charge on any atom is -0.298 e. The highest BCUT2D eigenvalue weighted by Crippen LogP contribution is 2.18. The van der Waals surface area contributed by atoms with Gasteiger partial charge in [0.15, 0.2) is 0 Å². The predicted molar refractivity (Wildman–Crippen MR) is 67.3 cm³/mol. The molecule has 1 aromatic carbocycles. The van der Waals surface area contributed by atoms with Crippen molar-refractivity contribution in [3.8, 4) is 0 Å². The molecule has 3 nitrogen and oxygen atoms in total. The first-order valence-electron chi connectivity index (χ1n) is 5.89. The largest absolute Gasteiger partial charge is 0.298 e. The molecule has 3 heteroatoms. The Morgan fingerprint density at radius 3 is 2.56 bits per heavy atom. The van der Waals surface area contributed by atoms with Gasteiger partial charge in [-0.2, -0.15) is 5.10 Å². The smallest absolute Gasteiger partial charge is 0.0843 e. The highest BCUT2D eigenvalue weighted by atomic mass is 15.3. The minimum absolute atomic E-state index is 0.939. The molecule has 0 radical (unpaired) electrons. The quantitative estimate of drug-likeness (QED) is 0.784. The average molecular weight is 217 g/mol. The Morgan fingerprint density at radius 2 is 1.88 bits per heavy atom. The summed E-state index contributed by atoms with van der Waals surface area (Å²) < 4.78 is 1.97. The molecule has 1 heterocycles. The van der Waals surface area contributed by atoms with Crippen LogP contribution in [0.5, 0.6) is 0 Å². The van der Waals surface area contributed by atoms with Crippen LogP contribution < -0.4 is 0 Å². The highest BCUT2D eigenvalue weighted by molar-refractivity contribution is 5.81. The van der Waals surface area contributed by atoms with E-state index in [-0.39, 0.29) is 0 Å². The summed E-state index contributed by atoms with van der Waals surface area (Å²) in [6.45, 7) is 7.46. The number of nitrogens with zero attached hydrogens (tertiary/aromatic N) is 3. The van der Waals surface area contributed by atoms with Gasteiger partial charge in [0.05, 0.1) is 11.2 Å². The van der Waals surface area contributed by atoms with Crippen LogP contribution in [0, 0.1) is 0 Å². The number of benzene rings is 1. The third-order valence-electron chi connectivity index (χ3n) is 3.10. The Hall–Kier alpha value is -1.35. The predicted octanol–water partition coefficient (Wildman–Crippen LogP) is 2.42. The Bertz CT molecular complexity index is 469. The van der Waals surface area contributed by atoms with Gasteiger partial charge in [0.2, 0.25) is 0 Å². The molecule has 0 amide bonds. The first-order valence-corrected chi connectivity index (χ1v) is 5.89. The second-order valence-corrected chi connectivity index (χ2v) is 4.05. The zero-order valence-electron chi connectivity index (χ0n) is 10.3. The van der Waals surface area contributed by atoms with Crippen LogP contribution in [0.3, 0.4) is 0 Å². The Balaban J connectivity index is 2.37. The molecule has 0 aliphatic rings. The van der Waals surface area contributed by atoms with Gasteiger partial charge in [-0.15, -0.1) is 0 Å². The van der Waals surface area contributed by atoms with E-state index in [2.05, 4.69) is 48.1 Å². The van der Waals surface area contributed by atoms with Gasteiger partial charge < -0.3 is 0 Å². The first kappa shape index (κ1) is 11.1. The van der Waals surface area contributed by atoms with Gasteiger partial charge in [-0.1, -0.05) is 32.0 Å². The van der Waals surface area contributed by atoms with Crippen LogP contribution in [0.25, 0.3) is 10.9 Å². The molecule has 0 aliphatic carbocycles. The summed E-state index contributed by atoms with van der Waals surface area (Å²) in [6.07, 6.45) is 0. The Morgan fingerprint density at radius 1 is 1.19 bits per heavy atom. The maximum Gasteiger partial charge on any atom is 0.0843 e. The van der Waals surface area contributed by atoms with Gasteiger partial charge in [-0.25, -0.2) is 0 Å². The summed E-state index contributed by atoms with van der Waals surface area (Å²) in [6, 6.07) is 8.41. The van der Waals surface area contributed by atoms with Crippen molar-refractivity contribution in [3.05, 3.63) is 30.0 Å². The van der Waals surface area contributed by atoms with Crippen LogP contribution in [0.4, 0.5) is 0 Å². The molecule has 0 fully saturated rings. The summed E-state index contributed by atoms with van der Waals surface area (Å²) in [5.74, 6) is 0. The maximum atomic E-state index is 4.60. The van der Waals surface area contributed by atoms with Crippen molar-refractivity contribution in [1.29, 1.82) is 0 Å². The number of hydrogen-bond acceptors (Lipinski definition) is 2. The van der Waals surface area contributed by atoms with Crippen molar-refractivity contribution in [2.45, 2.75) is 20.4 Å². The van der Waals surface area contributed by atoms with E-state index >= 15 is 0 Å². The molecule has 0 unspecified atom stereocenters. The van der Waals surface area contributed by atoms with Crippen molar-refractivity contribution >= 4 is 10.9 Å². The molecular formula is C13H19N3. The lowest BCUT2D eigenvalue weighted by Crippen LogP contribution is -2.22. The van der Waals surface area contributed by atoms with Crippen molar-refractivity contribution in [1.82, 2.24) is 14.7 Å². The number of fused-ring (bicyclic) bond motifs is 1. The van der Waals surface area contributed by atoms with Crippen LogP contribution in [0.15, 0.2) is 24.3 Å². The number of hydrogen-bond donors (Lipinski definition) is 0. The van der Waals surface area contributed by atoms with E-state index in [0.29, 0.717) is 0 Å². The normalized spacial score (nSPS) is 11.5. The fourth-order valence-corrected chi connectivity index (χ4v) is 2.06. The lowest BCUT2D eigenvalue weighted by Gasteiger charge is -2.16. The van der Waals surface area contributed by atoms with Gasteiger partial charge in [-0.3, -0.25) is 9.58 Å². The SMILES string of the molecule is CCN(CC)Cc1nn(C)c2ccccc12. The fraction of sp³-hybridized carbons (Fsp3) is 0.462. The van der Waals surface area contributed by atoms with Gasteiger partial charge in [0, 0.05) is 19.0 Å². The van der Waals surface area contributed by atoms with Crippen LogP contribution in [-0.2, 0) is 13.6 Å². The summed E-state index contributed by atoms with van der Waals surface area (Å²) in [5, 5.41) is 5.88. The van der Waals surface area contributed by atoms with E-state index in [0.717, 1.165) is 19.6 Å². The second kappa shape index (κ2) is 4.66. The highest BCUT2D eigenvalue weighted by Gasteiger charge is 2.10. The lowest BCUT2D eigenvalue weighted by atomic mass is 10.2. The Labute approximate surface area is 96.7 Å². The monoisotopic (exact) mass is 217 g/mol. The van der Waals surface area contributed by atoms with E-state index in [1.54, 1.807) is 0 Å². The molecule has 0 aliphatic heterocycles. The molecule has 86 valence electrons. The van der Waals surface area contributed by atoms with E-state index in [1.807, 2.05) is 11.7 Å². The zero-order chi connectivity index (χ0) is 11.5. The maximum absolute atomic E-state index is 4.60. The van der Waals surface area contributed by atoms with Crippen LogP contribution in [0.1, 0.15) is 19.5 Å². The minimum atomic E-state index is 0.939. The summed E-state index contributed by atoms with van der Waals surface area (Å²) in [7, 11) is 2.01. The van der Waals surface area contributed by atoms with Gasteiger partial charge in [-0.05, 0) is 19.2 Å². The topological polar surface area (TPSA) is 21.1 Å². The van der Waals surface area contributed by atoms with Gasteiger partial charge in [0.1, 0.15) is 0 Å². The van der Waals surface area contributed by atoms with E-state index in [4.69, 9.17) is 0 Å².